The van der Waals surface area contributed by atoms with Gasteiger partial charge in [0, 0.05) is 37.6 Å². The third-order valence-corrected chi connectivity index (χ3v) is 6.78. The standard InChI is InChI=1S/C21H34N4O2/c1-21(2)18(15-9-13-27-19(15)21)24-20(22-3)23-14-16(17-8-7-12-26-17)25-10-5-4-6-11-25/h7-8,12,15-16,18-19H,4-6,9-11,13-14H2,1-3H3,(H2,22,23,24). The molecule has 6 nitrogen and oxygen atoms in total. The largest absolute Gasteiger partial charge is 0.468 e. The number of aliphatic imine (C=N–C) groups is 1. The van der Waals surface area contributed by atoms with E-state index in [0.29, 0.717) is 18.1 Å². The van der Waals surface area contributed by atoms with Crippen molar-refractivity contribution in [3.05, 3.63) is 24.2 Å². The van der Waals surface area contributed by atoms with Crippen LogP contribution in [0.25, 0.3) is 0 Å². The van der Waals surface area contributed by atoms with Gasteiger partial charge in [0.2, 0.25) is 0 Å². The van der Waals surface area contributed by atoms with E-state index in [1.165, 1.54) is 19.3 Å². The summed E-state index contributed by atoms with van der Waals surface area (Å²) in [7, 11) is 1.85. The highest BCUT2D eigenvalue weighted by molar-refractivity contribution is 5.80. The van der Waals surface area contributed by atoms with E-state index < -0.39 is 0 Å². The second-order valence-corrected chi connectivity index (χ2v) is 8.77. The molecule has 2 aliphatic heterocycles. The van der Waals surface area contributed by atoms with Crippen LogP contribution in [0.3, 0.4) is 0 Å². The molecule has 1 aromatic rings. The molecule has 150 valence electrons. The van der Waals surface area contributed by atoms with Gasteiger partial charge in [0.25, 0.3) is 0 Å². The normalized spacial score (nSPS) is 31.8. The third kappa shape index (κ3) is 3.61. The number of rotatable bonds is 5. The van der Waals surface area contributed by atoms with Gasteiger partial charge in [-0.3, -0.25) is 9.89 Å². The van der Waals surface area contributed by atoms with Gasteiger partial charge in [0.15, 0.2) is 5.96 Å². The molecule has 4 unspecified atom stereocenters. The van der Waals surface area contributed by atoms with Gasteiger partial charge in [-0.05, 0) is 44.5 Å². The summed E-state index contributed by atoms with van der Waals surface area (Å²) in [5.41, 5.74) is 0.145. The number of nitrogens with one attached hydrogen (secondary N) is 2. The summed E-state index contributed by atoms with van der Waals surface area (Å²) in [6.45, 7) is 8.54. The van der Waals surface area contributed by atoms with Crippen molar-refractivity contribution < 1.29 is 9.15 Å². The Balaban J connectivity index is 1.39. The lowest BCUT2D eigenvalue weighted by atomic mass is 9.57. The first kappa shape index (κ1) is 18.8. The zero-order valence-electron chi connectivity index (χ0n) is 16.9. The molecule has 1 aromatic heterocycles. The first-order valence-corrected chi connectivity index (χ1v) is 10.5. The molecule has 1 aliphatic carbocycles. The zero-order valence-corrected chi connectivity index (χ0v) is 16.9. The van der Waals surface area contributed by atoms with Crippen LogP contribution in [-0.2, 0) is 4.74 Å². The predicted molar refractivity (Wildman–Crippen MR) is 107 cm³/mol. The van der Waals surface area contributed by atoms with Crippen molar-refractivity contribution in [3.8, 4) is 0 Å². The minimum atomic E-state index is 0.145. The Hall–Kier alpha value is -1.53. The highest BCUT2D eigenvalue weighted by Crippen LogP contribution is 2.52. The highest BCUT2D eigenvalue weighted by Gasteiger charge is 2.59. The van der Waals surface area contributed by atoms with Crippen LogP contribution in [0.15, 0.2) is 27.8 Å². The van der Waals surface area contributed by atoms with E-state index >= 15 is 0 Å². The zero-order chi connectivity index (χ0) is 18.9. The average Bonchev–Trinajstić information content (AvgIpc) is 3.36. The Labute approximate surface area is 162 Å². The number of fused-ring (bicyclic) bond motifs is 1. The molecule has 6 heteroatoms. The van der Waals surface area contributed by atoms with Gasteiger partial charge in [0.1, 0.15) is 5.76 Å². The van der Waals surface area contributed by atoms with Crippen molar-refractivity contribution >= 4 is 5.96 Å². The van der Waals surface area contributed by atoms with Gasteiger partial charge in [-0.2, -0.15) is 0 Å². The number of furan rings is 1. The molecule has 0 radical (unpaired) electrons. The Bertz CT molecular complexity index is 637. The predicted octanol–water partition coefficient (Wildman–Crippen LogP) is 2.79. The van der Waals surface area contributed by atoms with Crippen LogP contribution >= 0.6 is 0 Å². The van der Waals surface area contributed by atoms with E-state index in [1.54, 1.807) is 6.26 Å². The van der Waals surface area contributed by atoms with E-state index in [2.05, 4.69) is 40.4 Å². The minimum Gasteiger partial charge on any atom is -0.468 e. The monoisotopic (exact) mass is 374 g/mol. The maximum absolute atomic E-state index is 5.92. The van der Waals surface area contributed by atoms with Crippen molar-refractivity contribution in [2.45, 2.75) is 57.7 Å². The summed E-state index contributed by atoms with van der Waals surface area (Å²) in [6.07, 6.45) is 7.17. The summed E-state index contributed by atoms with van der Waals surface area (Å²) < 4.78 is 11.7. The Morgan fingerprint density at radius 1 is 1.33 bits per heavy atom. The van der Waals surface area contributed by atoms with Gasteiger partial charge in [-0.25, -0.2) is 0 Å². The van der Waals surface area contributed by atoms with Crippen molar-refractivity contribution in [1.82, 2.24) is 15.5 Å². The van der Waals surface area contributed by atoms with E-state index in [9.17, 15) is 0 Å². The number of ether oxygens (including phenoxy) is 1. The summed E-state index contributed by atoms with van der Waals surface area (Å²) >= 11 is 0. The lowest BCUT2D eigenvalue weighted by Crippen LogP contribution is -2.68. The second-order valence-electron chi connectivity index (χ2n) is 8.77. The fourth-order valence-electron chi connectivity index (χ4n) is 5.27. The fourth-order valence-corrected chi connectivity index (χ4v) is 5.27. The van der Waals surface area contributed by atoms with Gasteiger partial charge in [0.05, 0.1) is 18.4 Å². The molecule has 27 heavy (non-hydrogen) atoms. The molecule has 4 rings (SSSR count). The molecule has 3 heterocycles. The van der Waals surface area contributed by atoms with Crippen LogP contribution in [0, 0.1) is 11.3 Å². The number of nitrogens with zero attached hydrogens (tertiary/aromatic N) is 2. The molecular formula is C21H34N4O2. The topological polar surface area (TPSA) is 62.0 Å². The smallest absolute Gasteiger partial charge is 0.191 e. The lowest BCUT2D eigenvalue weighted by Gasteiger charge is -2.55. The van der Waals surface area contributed by atoms with E-state index in [1.807, 2.05) is 13.1 Å². The highest BCUT2D eigenvalue weighted by atomic mass is 16.5. The molecule has 3 fully saturated rings. The van der Waals surface area contributed by atoms with E-state index in [-0.39, 0.29) is 11.5 Å². The number of hydrogen-bond acceptors (Lipinski definition) is 4. The molecule has 2 N–H and O–H groups in total. The minimum absolute atomic E-state index is 0.145. The first-order chi connectivity index (χ1) is 13.1. The summed E-state index contributed by atoms with van der Waals surface area (Å²) in [4.78, 5) is 7.03. The summed E-state index contributed by atoms with van der Waals surface area (Å²) in [6, 6.07) is 4.73. The van der Waals surface area contributed by atoms with Crippen molar-refractivity contribution in [1.29, 1.82) is 0 Å². The number of guanidine groups is 1. The molecule has 4 atom stereocenters. The molecule has 0 spiro atoms. The molecule has 2 saturated heterocycles. The van der Waals surface area contributed by atoms with Crippen LogP contribution in [-0.4, -0.2) is 56.3 Å². The van der Waals surface area contributed by atoms with E-state index in [4.69, 9.17) is 9.15 Å². The van der Waals surface area contributed by atoms with Crippen molar-refractivity contribution in [2.75, 3.05) is 33.3 Å². The van der Waals surface area contributed by atoms with Gasteiger partial charge in [-0.15, -0.1) is 0 Å². The Morgan fingerprint density at radius 2 is 2.15 bits per heavy atom. The molecule has 3 aliphatic rings. The van der Waals surface area contributed by atoms with Crippen LogP contribution in [0.1, 0.15) is 51.3 Å². The number of piperidine rings is 1. The van der Waals surface area contributed by atoms with Crippen LogP contribution in [0.2, 0.25) is 0 Å². The second kappa shape index (κ2) is 7.84. The molecule has 0 aromatic carbocycles. The van der Waals surface area contributed by atoms with Gasteiger partial charge >= 0.3 is 0 Å². The Kier molecular flexibility index (Phi) is 5.46. The molecule has 0 bridgehead atoms. The lowest BCUT2D eigenvalue weighted by molar-refractivity contribution is -0.106. The molecule has 0 amide bonds. The van der Waals surface area contributed by atoms with Crippen LogP contribution in [0.5, 0.6) is 0 Å². The maximum atomic E-state index is 5.92. The summed E-state index contributed by atoms with van der Waals surface area (Å²) in [5, 5.41) is 7.25. The average molecular weight is 375 g/mol. The van der Waals surface area contributed by atoms with Crippen LogP contribution < -0.4 is 10.6 Å². The SMILES string of the molecule is CN=C(NCC(c1ccco1)N1CCCCC1)NC1C2CCOC2C1(C)C. The number of hydrogen-bond donors (Lipinski definition) is 2. The van der Waals surface area contributed by atoms with E-state index in [0.717, 1.165) is 44.4 Å². The molecule has 1 saturated carbocycles. The fraction of sp³-hybridized carbons (Fsp3) is 0.762. The molecular weight excluding hydrogens is 340 g/mol. The summed E-state index contributed by atoms with van der Waals surface area (Å²) in [5.74, 6) is 2.52. The maximum Gasteiger partial charge on any atom is 0.191 e. The third-order valence-electron chi connectivity index (χ3n) is 6.78. The van der Waals surface area contributed by atoms with Crippen molar-refractivity contribution in [2.24, 2.45) is 16.3 Å². The van der Waals surface area contributed by atoms with Crippen LogP contribution in [0.4, 0.5) is 0 Å². The number of likely N-dealkylation sites (tertiary alicyclic amines) is 1. The Morgan fingerprint density at radius 3 is 2.85 bits per heavy atom. The first-order valence-electron chi connectivity index (χ1n) is 10.5. The quantitative estimate of drug-likeness (QED) is 0.613. The van der Waals surface area contributed by atoms with Gasteiger partial charge < -0.3 is 19.8 Å². The van der Waals surface area contributed by atoms with Crippen molar-refractivity contribution in [3.63, 3.8) is 0 Å². The van der Waals surface area contributed by atoms with Gasteiger partial charge in [-0.1, -0.05) is 20.3 Å².